The second-order valence-corrected chi connectivity index (χ2v) is 7.49. The van der Waals surface area contributed by atoms with Crippen LogP contribution < -0.4 is 20.7 Å². The summed E-state index contributed by atoms with van der Waals surface area (Å²) in [5.74, 6) is -0.160. The lowest BCUT2D eigenvalue weighted by Crippen LogP contribution is -2.29. The number of allylic oxidation sites excluding steroid dienone is 4. The van der Waals surface area contributed by atoms with Crippen LogP contribution in [0.5, 0.6) is 5.88 Å². The number of nitrogens with zero attached hydrogens (tertiary/aromatic N) is 2. The molecule has 0 saturated heterocycles. The first-order chi connectivity index (χ1) is 15.8. The molecule has 2 aromatic rings. The monoisotopic (exact) mass is 457 g/mol. The molecule has 3 N–H and O–H groups in total. The molecule has 2 heterocycles. The summed E-state index contributed by atoms with van der Waals surface area (Å²) in [5.41, 5.74) is 1.22. The van der Waals surface area contributed by atoms with E-state index in [9.17, 15) is 18.0 Å². The number of likely N-dealkylation sites (N-methyl/N-ethyl adjacent to an activating group) is 1. The van der Waals surface area contributed by atoms with Crippen LogP contribution >= 0.6 is 0 Å². The maximum Gasteiger partial charge on any atom is 0.416 e. The van der Waals surface area contributed by atoms with Gasteiger partial charge in [0.25, 0.3) is 5.91 Å². The van der Waals surface area contributed by atoms with Gasteiger partial charge in [-0.05, 0) is 50.2 Å². The normalized spacial score (nSPS) is 18.2. The Morgan fingerprint density at radius 1 is 1.27 bits per heavy atom. The van der Waals surface area contributed by atoms with Crippen LogP contribution in [0.3, 0.4) is 0 Å². The van der Waals surface area contributed by atoms with Crippen LogP contribution in [0.15, 0.2) is 70.5 Å². The fraction of sp³-hybridized carbons (Fsp3) is 0.261. The molecule has 172 valence electrons. The molecule has 7 nitrogen and oxygen atoms in total. The molecule has 4 rings (SSSR count). The number of fused-ring (bicyclic) bond motifs is 1. The van der Waals surface area contributed by atoms with Gasteiger partial charge in [0.1, 0.15) is 0 Å². The van der Waals surface area contributed by atoms with Crippen molar-refractivity contribution >= 4 is 23.1 Å². The first-order valence-electron chi connectivity index (χ1n) is 10.3. The van der Waals surface area contributed by atoms with Crippen molar-refractivity contribution in [2.75, 3.05) is 13.6 Å². The average Bonchev–Trinajstić information content (AvgIpc) is 2.78. The van der Waals surface area contributed by atoms with Crippen LogP contribution in [-0.4, -0.2) is 43.2 Å². The highest BCUT2D eigenvalue weighted by molar-refractivity contribution is 6.06. The van der Waals surface area contributed by atoms with Crippen molar-refractivity contribution in [3.63, 3.8) is 0 Å². The Hall–Kier alpha value is -3.66. The number of pyridine rings is 1. The van der Waals surface area contributed by atoms with E-state index >= 15 is 0 Å². The van der Waals surface area contributed by atoms with E-state index in [1.807, 2.05) is 13.1 Å². The Kier molecular flexibility index (Phi) is 6.45. The lowest BCUT2D eigenvalue weighted by atomic mass is 10.0. The van der Waals surface area contributed by atoms with Crippen molar-refractivity contribution in [3.8, 4) is 5.88 Å². The molecule has 1 aromatic heterocycles. The summed E-state index contributed by atoms with van der Waals surface area (Å²) in [4.78, 5) is 21.5. The lowest BCUT2D eigenvalue weighted by molar-refractivity contribution is -0.0887. The second-order valence-electron chi connectivity index (χ2n) is 7.49. The molecular weight excluding hydrogens is 435 g/mol. The first kappa shape index (κ1) is 22.5. The van der Waals surface area contributed by atoms with Gasteiger partial charge in [0.05, 0.1) is 17.4 Å². The van der Waals surface area contributed by atoms with Crippen molar-refractivity contribution in [1.29, 1.82) is 0 Å². The number of nitrogens with one attached hydrogen (secondary N) is 3. The third-order valence-electron chi connectivity index (χ3n) is 5.08. The van der Waals surface area contributed by atoms with Gasteiger partial charge in [0, 0.05) is 35.0 Å². The number of alkyl halides is 3. The number of aromatic nitrogens is 1. The summed E-state index contributed by atoms with van der Waals surface area (Å²) in [7, 11) is 1.83. The third kappa shape index (κ3) is 5.40. The van der Waals surface area contributed by atoms with E-state index in [0.29, 0.717) is 35.3 Å². The standard InChI is InChI=1S/C23H22F3N5O2/c1-27-12-16-11-21(29-13-28-16)33-20-9-8-17-18(6-3-7-19(17)31-20)22(32)30-15-5-2-4-14(10-15)23(24,25)26/h3-4,6-11,13,21,27H,2,5,12H2,1H3,(H,28,29)(H,30,32). The van der Waals surface area contributed by atoms with E-state index in [-0.39, 0.29) is 12.1 Å². The number of benzene rings is 1. The Balaban J connectivity index is 1.52. The highest BCUT2D eigenvalue weighted by Crippen LogP contribution is 2.31. The maximum atomic E-state index is 13.0. The highest BCUT2D eigenvalue weighted by Gasteiger charge is 2.33. The molecule has 0 spiro atoms. The number of halogens is 3. The number of hydrogen-bond donors (Lipinski definition) is 3. The van der Waals surface area contributed by atoms with E-state index in [0.717, 1.165) is 17.8 Å². The van der Waals surface area contributed by atoms with Gasteiger partial charge >= 0.3 is 6.18 Å². The molecule has 1 atom stereocenters. The molecule has 0 saturated carbocycles. The minimum atomic E-state index is -4.45. The molecule has 10 heteroatoms. The van der Waals surface area contributed by atoms with Crippen molar-refractivity contribution in [2.45, 2.75) is 25.2 Å². The number of carbonyl (C=O) groups excluding carboxylic acids is 1. The topological polar surface area (TPSA) is 87.6 Å². The van der Waals surface area contributed by atoms with Gasteiger partial charge in [-0.2, -0.15) is 13.2 Å². The molecular formula is C23H22F3N5O2. The number of ether oxygens (including phenoxy) is 1. The zero-order valence-corrected chi connectivity index (χ0v) is 17.7. The zero-order chi connectivity index (χ0) is 23.4. The average molecular weight is 457 g/mol. The predicted octanol–water partition coefficient (Wildman–Crippen LogP) is 3.57. The van der Waals surface area contributed by atoms with Crippen molar-refractivity contribution in [3.05, 3.63) is 71.1 Å². The zero-order valence-electron chi connectivity index (χ0n) is 17.7. The summed E-state index contributed by atoms with van der Waals surface area (Å²) >= 11 is 0. The van der Waals surface area contributed by atoms with Gasteiger partial charge in [-0.3, -0.25) is 4.79 Å². The van der Waals surface area contributed by atoms with Crippen LogP contribution in [0.25, 0.3) is 10.9 Å². The summed E-state index contributed by atoms with van der Waals surface area (Å²) in [6, 6.07) is 8.33. The Bertz CT molecular complexity index is 1180. The number of amides is 1. The van der Waals surface area contributed by atoms with E-state index < -0.39 is 23.9 Å². The minimum absolute atomic E-state index is 0.211. The van der Waals surface area contributed by atoms with Crippen molar-refractivity contribution in [1.82, 2.24) is 20.9 Å². The number of hydrogen-bond acceptors (Lipinski definition) is 6. The predicted molar refractivity (Wildman–Crippen MR) is 119 cm³/mol. The SMILES string of the molecule is CNCC1=CC(Oc2ccc3c(C(=O)NC4=CC(C(F)(F)F)=CCC4)cccc3n2)N=CN1. The van der Waals surface area contributed by atoms with Crippen LogP contribution in [-0.2, 0) is 0 Å². The molecule has 1 aliphatic carbocycles. The van der Waals surface area contributed by atoms with Crippen LogP contribution in [0.2, 0.25) is 0 Å². The maximum absolute atomic E-state index is 13.0. The van der Waals surface area contributed by atoms with Crippen LogP contribution in [0, 0.1) is 0 Å². The molecule has 0 radical (unpaired) electrons. The van der Waals surface area contributed by atoms with E-state index in [4.69, 9.17) is 4.74 Å². The molecule has 33 heavy (non-hydrogen) atoms. The fourth-order valence-corrected chi connectivity index (χ4v) is 3.56. The van der Waals surface area contributed by atoms with Gasteiger partial charge in [-0.1, -0.05) is 12.1 Å². The summed E-state index contributed by atoms with van der Waals surface area (Å²) in [6.45, 7) is 0.631. The van der Waals surface area contributed by atoms with Crippen molar-refractivity contribution < 1.29 is 22.7 Å². The largest absolute Gasteiger partial charge is 0.448 e. The van der Waals surface area contributed by atoms with Crippen LogP contribution in [0.4, 0.5) is 13.2 Å². The molecule has 1 aliphatic heterocycles. The Labute approximate surface area is 188 Å². The molecule has 1 unspecified atom stereocenters. The molecule has 1 aromatic carbocycles. The van der Waals surface area contributed by atoms with Gasteiger partial charge < -0.3 is 20.7 Å². The van der Waals surface area contributed by atoms with Crippen LogP contribution in [0.1, 0.15) is 23.2 Å². The smallest absolute Gasteiger partial charge is 0.416 e. The summed E-state index contributed by atoms with van der Waals surface area (Å²) in [5, 5.41) is 9.23. The molecule has 2 aliphatic rings. The minimum Gasteiger partial charge on any atom is -0.448 e. The molecule has 0 bridgehead atoms. The summed E-state index contributed by atoms with van der Waals surface area (Å²) < 4.78 is 44.8. The second kappa shape index (κ2) is 9.45. The van der Waals surface area contributed by atoms with Crippen molar-refractivity contribution in [2.24, 2.45) is 4.99 Å². The lowest BCUT2D eigenvalue weighted by Gasteiger charge is -2.18. The summed E-state index contributed by atoms with van der Waals surface area (Å²) in [6.07, 6.45) is 1.04. The first-order valence-corrected chi connectivity index (χ1v) is 10.3. The quantitative estimate of drug-likeness (QED) is 0.618. The van der Waals surface area contributed by atoms with Gasteiger partial charge in [-0.25, -0.2) is 9.98 Å². The molecule has 1 amide bonds. The Morgan fingerprint density at radius 2 is 2.12 bits per heavy atom. The van der Waals surface area contributed by atoms with Gasteiger partial charge in [-0.15, -0.1) is 0 Å². The number of carbonyl (C=O) groups is 1. The highest BCUT2D eigenvalue weighted by atomic mass is 19.4. The number of rotatable bonds is 6. The number of aliphatic imine (C=N–C) groups is 1. The van der Waals surface area contributed by atoms with Gasteiger partial charge in [0.15, 0.2) is 0 Å². The van der Waals surface area contributed by atoms with E-state index in [1.54, 1.807) is 36.7 Å². The Morgan fingerprint density at radius 3 is 2.91 bits per heavy atom. The third-order valence-corrected chi connectivity index (χ3v) is 5.08. The van der Waals surface area contributed by atoms with E-state index in [1.165, 1.54) is 0 Å². The fourth-order valence-electron chi connectivity index (χ4n) is 3.56. The molecule has 0 fully saturated rings. The van der Waals surface area contributed by atoms with Gasteiger partial charge in [0.2, 0.25) is 12.1 Å². The van der Waals surface area contributed by atoms with E-state index in [2.05, 4.69) is 25.9 Å².